The molecule has 0 N–H and O–H groups in total. The summed E-state index contributed by atoms with van der Waals surface area (Å²) in [6.45, 7) is 3.54. The summed E-state index contributed by atoms with van der Waals surface area (Å²) >= 11 is 5.76. The zero-order valence-corrected chi connectivity index (χ0v) is 12.1. The molecule has 1 atom stereocenters. The monoisotopic (exact) mass is 296 g/mol. The van der Waals surface area contributed by atoms with E-state index in [4.69, 9.17) is 21.6 Å². The molecule has 20 heavy (non-hydrogen) atoms. The minimum atomic E-state index is -0.290. The number of rotatable bonds is 6. The van der Waals surface area contributed by atoms with Gasteiger partial charge in [0.15, 0.2) is 0 Å². The van der Waals surface area contributed by atoms with E-state index in [9.17, 15) is 4.39 Å². The molecule has 1 aromatic carbocycles. The third-order valence-corrected chi connectivity index (χ3v) is 3.72. The summed E-state index contributed by atoms with van der Waals surface area (Å²) in [4.78, 5) is 2.12. The van der Waals surface area contributed by atoms with E-state index in [2.05, 4.69) is 11.0 Å². The summed E-state index contributed by atoms with van der Waals surface area (Å²) in [7, 11) is 0. The van der Waals surface area contributed by atoms with Crippen LogP contribution < -0.4 is 0 Å². The van der Waals surface area contributed by atoms with Gasteiger partial charge in [0.2, 0.25) is 0 Å². The zero-order chi connectivity index (χ0) is 14.4. The molecule has 1 aliphatic heterocycles. The Morgan fingerprint density at radius 2 is 2.35 bits per heavy atom. The summed E-state index contributed by atoms with van der Waals surface area (Å²) in [6.07, 6.45) is 1.48. The number of benzene rings is 1. The second-order valence-electron chi connectivity index (χ2n) is 5.11. The molecule has 5 heteroatoms. The van der Waals surface area contributed by atoms with Crippen molar-refractivity contribution in [3.63, 3.8) is 0 Å². The van der Waals surface area contributed by atoms with Crippen molar-refractivity contribution >= 4 is 11.6 Å². The maximum Gasteiger partial charge on any atom is 0.129 e. The van der Waals surface area contributed by atoms with Crippen molar-refractivity contribution in [3.8, 4) is 6.07 Å². The highest BCUT2D eigenvalue weighted by Crippen LogP contribution is 2.19. The largest absolute Gasteiger partial charge is 0.381 e. The van der Waals surface area contributed by atoms with Crippen molar-refractivity contribution in [2.75, 3.05) is 26.3 Å². The highest BCUT2D eigenvalue weighted by Gasteiger charge is 2.20. The topological polar surface area (TPSA) is 36.3 Å². The smallest absolute Gasteiger partial charge is 0.129 e. The number of hydrogen-bond acceptors (Lipinski definition) is 3. The average Bonchev–Trinajstić information content (AvgIpc) is 2.92. The van der Waals surface area contributed by atoms with E-state index >= 15 is 0 Å². The van der Waals surface area contributed by atoms with Crippen LogP contribution in [0.5, 0.6) is 0 Å². The maximum absolute atomic E-state index is 13.8. The minimum Gasteiger partial charge on any atom is -0.381 e. The molecular weight excluding hydrogens is 279 g/mol. The Balaban J connectivity index is 2.00. The Morgan fingerprint density at radius 3 is 3.00 bits per heavy atom. The molecule has 0 radical (unpaired) electrons. The van der Waals surface area contributed by atoms with Crippen LogP contribution in [0.3, 0.4) is 0 Å². The number of halogens is 2. The number of nitrogens with zero attached hydrogens (tertiary/aromatic N) is 2. The second kappa shape index (κ2) is 7.58. The van der Waals surface area contributed by atoms with Crippen molar-refractivity contribution < 1.29 is 9.13 Å². The van der Waals surface area contributed by atoms with Crippen LogP contribution in [-0.4, -0.2) is 31.2 Å². The van der Waals surface area contributed by atoms with Gasteiger partial charge in [0, 0.05) is 43.2 Å². The Labute approximate surface area is 123 Å². The lowest BCUT2D eigenvalue weighted by atomic mass is 10.1. The van der Waals surface area contributed by atoms with Gasteiger partial charge in [0.25, 0.3) is 0 Å². The standard InChI is InChI=1S/C15H18ClFN2O/c16-14-3-2-13(15(17)8-14)10-19(6-1-5-18)9-12-4-7-20-11-12/h2-3,8,12H,1,4,6-7,9-11H2. The van der Waals surface area contributed by atoms with Gasteiger partial charge in [-0.1, -0.05) is 17.7 Å². The van der Waals surface area contributed by atoms with Crippen molar-refractivity contribution in [2.45, 2.75) is 19.4 Å². The molecule has 1 fully saturated rings. The summed E-state index contributed by atoms with van der Waals surface area (Å²) in [5, 5.41) is 9.14. The van der Waals surface area contributed by atoms with E-state index in [0.717, 1.165) is 26.2 Å². The fourth-order valence-electron chi connectivity index (χ4n) is 2.43. The predicted octanol–water partition coefficient (Wildman–Crippen LogP) is 3.23. The number of nitriles is 1. The molecule has 1 aromatic rings. The van der Waals surface area contributed by atoms with Crippen LogP contribution in [-0.2, 0) is 11.3 Å². The van der Waals surface area contributed by atoms with Gasteiger partial charge in [-0.2, -0.15) is 5.26 Å². The molecule has 3 nitrogen and oxygen atoms in total. The Hall–Kier alpha value is -1.15. The van der Waals surface area contributed by atoms with E-state index < -0.39 is 0 Å². The zero-order valence-electron chi connectivity index (χ0n) is 11.3. The SMILES string of the molecule is N#CCCN(Cc1ccc(Cl)cc1F)CC1CCOC1. The lowest BCUT2D eigenvalue weighted by Gasteiger charge is -2.24. The molecular formula is C15H18ClFN2O. The molecule has 0 aliphatic carbocycles. The first kappa shape index (κ1) is 15.2. The van der Waals surface area contributed by atoms with Crippen LogP contribution in [0.1, 0.15) is 18.4 Å². The van der Waals surface area contributed by atoms with Crippen molar-refractivity contribution in [2.24, 2.45) is 5.92 Å². The predicted molar refractivity (Wildman–Crippen MR) is 75.8 cm³/mol. The first-order chi connectivity index (χ1) is 9.69. The molecule has 1 heterocycles. The fraction of sp³-hybridized carbons (Fsp3) is 0.533. The van der Waals surface area contributed by atoms with Crippen LogP contribution in [0, 0.1) is 23.1 Å². The summed E-state index contributed by atoms with van der Waals surface area (Å²) in [5.74, 6) is 0.186. The van der Waals surface area contributed by atoms with Crippen LogP contribution in [0.25, 0.3) is 0 Å². The van der Waals surface area contributed by atoms with Crippen molar-refractivity contribution in [1.29, 1.82) is 5.26 Å². The minimum absolute atomic E-state index is 0.290. The van der Waals surface area contributed by atoms with Gasteiger partial charge in [-0.15, -0.1) is 0 Å². The molecule has 108 valence electrons. The quantitative estimate of drug-likeness (QED) is 0.808. The molecule has 0 amide bonds. The van der Waals surface area contributed by atoms with Crippen molar-refractivity contribution in [1.82, 2.24) is 4.90 Å². The van der Waals surface area contributed by atoms with Gasteiger partial charge in [0.05, 0.1) is 12.7 Å². The Kier molecular flexibility index (Phi) is 5.78. The number of hydrogen-bond donors (Lipinski definition) is 0. The van der Waals surface area contributed by atoms with Crippen molar-refractivity contribution in [3.05, 3.63) is 34.6 Å². The lowest BCUT2D eigenvalue weighted by molar-refractivity contribution is 0.165. The lowest BCUT2D eigenvalue weighted by Crippen LogP contribution is -2.30. The number of ether oxygens (including phenoxy) is 1. The second-order valence-corrected chi connectivity index (χ2v) is 5.55. The molecule has 0 aromatic heterocycles. The molecule has 1 unspecified atom stereocenters. The molecule has 0 bridgehead atoms. The maximum atomic E-state index is 13.8. The summed E-state index contributed by atoms with van der Waals surface area (Å²) < 4.78 is 19.2. The molecule has 0 spiro atoms. The van der Waals surface area contributed by atoms with Crippen LogP contribution in [0.15, 0.2) is 18.2 Å². The van der Waals surface area contributed by atoms with Gasteiger partial charge < -0.3 is 4.74 Å². The van der Waals surface area contributed by atoms with Crippen LogP contribution in [0.4, 0.5) is 4.39 Å². The summed E-state index contributed by atoms with van der Waals surface area (Å²) in [6, 6.07) is 6.88. The van der Waals surface area contributed by atoms with Gasteiger partial charge in [-0.25, -0.2) is 4.39 Å². The van der Waals surface area contributed by atoms with Gasteiger partial charge >= 0.3 is 0 Å². The summed E-state index contributed by atoms with van der Waals surface area (Å²) in [5.41, 5.74) is 0.617. The first-order valence-corrected chi connectivity index (χ1v) is 7.18. The Morgan fingerprint density at radius 1 is 1.50 bits per heavy atom. The third kappa shape index (κ3) is 4.45. The van der Waals surface area contributed by atoms with E-state index in [0.29, 0.717) is 36.0 Å². The highest BCUT2D eigenvalue weighted by molar-refractivity contribution is 6.30. The van der Waals surface area contributed by atoms with Gasteiger partial charge in [-0.3, -0.25) is 4.90 Å². The third-order valence-electron chi connectivity index (χ3n) is 3.49. The molecule has 1 saturated heterocycles. The van der Waals surface area contributed by atoms with Crippen LogP contribution >= 0.6 is 11.6 Å². The van der Waals surface area contributed by atoms with Gasteiger partial charge in [-0.05, 0) is 24.5 Å². The normalized spacial score (nSPS) is 18.4. The molecule has 2 rings (SSSR count). The van der Waals surface area contributed by atoms with E-state index in [1.165, 1.54) is 6.07 Å². The average molecular weight is 297 g/mol. The first-order valence-electron chi connectivity index (χ1n) is 6.80. The van der Waals surface area contributed by atoms with Gasteiger partial charge in [0.1, 0.15) is 5.82 Å². The fourth-order valence-corrected chi connectivity index (χ4v) is 2.59. The van der Waals surface area contributed by atoms with Crippen LogP contribution in [0.2, 0.25) is 5.02 Å². The molecule has 1 aliphatic rings. The highest BCUT2D eigenvalue weighted by atomic mass is 35.5. The van der Waals surface area contributed by atoms with E-state index in [1.807, 2.05) is 0 Å². The Bertz CT molecular complexity index is 483. The van der Waals surface area contributed by atoms with E-state index in [1.54, 1.807) is 12.1 Å². The molecule has 0 saturated carbocycles. The van der Waals surface area contributed by atoms with E-state index in [-0.39, 0.29) is 5.82 Å².